The van der Waals surface area contributed by atoms with Crippen LogP contribution in [0.2, 0.25) is 0 Å². The van der Waals surface area contributed by atoms with Gasteiger partial charge >= 0.3 is 12.0 Å². The Balaban J connectivity index is 4.32. The molecule has 5 nitrogen and oxygen atoms in total. The second kappa shape index (κ2) is 6.27. The van der Waals surface area contributed by atoms with Crippen molar-refractivity contribution in [2.45, 2.75) is 46.2 Å². The number of hydrogen-bond acceptors (Lipinski definition) is 2. The van der Waals surface area contributed by atoms with Gasteiger partial charge in [0.05, 0.1) is 0 Å². The minimum atomic E-state index is -1.02. The molecule has 0 aromatic rings. The van der Waals surface area contributed by atoms with Gasteiger partial charge in [-0.2, -0.15) is 0 Å². The lowest BCUT2D eigenvalue weighted by Gasteiger charge is -2.27. The smallest absolute Gasteiger partial charge is 0.325 e. The number of urea groups is 1. The summed E-state index contributed by atoms with van der Waals surface area (Å²) in [6, 6.07) is -1.09. The van der Waals surface area contributed by atoms with Crippen molar-refractivity contribution in [1.82, 2.24) is 10.2 Å². The van der Waals surface area contributed by atoms with E-state index in [1.165, 1.54) is 6.92 Å². The van der Waals surface area contributed by atoms with Crippen molar-refractivity contribution in [3.8, 4) is 0 Å². The molecule has 0 fully saturated rings. The van der Waals surface area contributed by atoms with Crippen LogP contribution in [0.4, 0.5) is 4.79 Å². The number of hydrogen-bond donors (Lipinski definition) is 2. The summed E-state index contributed by atoms with van der Waals surface area (Å²) >= 11 is 0. The summed E-state index contributed by atoms with van der Waals surface area (Å²) in [7, 11) is 0. The molecule has 1 atom stereocenters. The molecule has 5 heteroatoms. The van der Waals surface area contributed by atoms with Gasteiger partial charge in [-0.15, -0.1) is 0 Å². The molecule has 88 valence electrons. The Bertz CT molecular complexity index is 229. The van der Waals surface area contributed by atoms with E-state index in [2.05, 4.69) is 5.32 Å². The summed E-state index contributed by atoms with van der Waals surface area (Å²) in [6.07, 6.45) is 0.854. The van der Waals surface area contributed by atoms with Crippen molar-refractivity contribution in [2.75, 3.05) is 6.54 Å². The third kappa shape index (κ3) is 4.67. The van der Waals surface area contributed by atoms with Crippen molar-refractivity contribution >= 4 is 12.0 Å². The van der Waals surface area contributed by atoms with Crippen molar-refractivity contribution < 1.29 is 14.7 Å². The fraction of sp³-hybridized carbons (Fsp3) is 0.800. The highest BCUT2D eigenvalue weighted by Crippen LogP contribution is 2.00. The molecule has 0 rings (SSSR count). The van der Waals surface area contributed by atoms with Gasteiger partial charge in [0, 0.05) is 12.6 Å². The van der Waals surface area contributed by atoms with Gasteiger partial charge in [-0.05, 0) is 27.2 Å². The molecule has 0 saturated heterocycles. The predicted octanol–water partition coefficient (Wildman–Crippen LogP) is 1.29. The van der Waals surface area contributed by atoms with Crippen LogP contribution in [-0.2, 0) is 4.79 Å². The summed E-state index contributed by atoms with van der Waals surface area (Å²) in [6.45, 7) is 7.87. The molecule has 0 aliphatic rings. The first-order valence-corrected chi connectivity index (χ1v) is 5.20. The van der Waals surface area contributed by atoms with Crippen LogP contribution in [0.3, 0.4) is 0 Å². The number of carbonyl (C=O) groups is 2. The van der Waals surface area contributed by atoms with Crippen LogP contribution in [0, 0.1) is 0 Å². The van der Waals surface area contributed by atoms with Crippen LogP contribution in [0.25, 0.3) is 0 Å². The number of carboxylic acid groups (broad SMARTS) is 1. The monoisotopic (exact) mass is 216 g/mol. The lowest BCUT2D eigenvalue weighted by molar-refractivity contribution is -0.138. The largest absolute Gasteiger partial charge is 0.480 e. The Morgan fingerprint density at radius 3 is 2.20 bits per heavy atom. The summed E-state index contributed by atoms with van der Waals surface area (Å²) in [5.41, 5.74) is 0. The van der Waals surface area contributed by atoms with Crippen molar-refractivity contribution in [3.05, 3.63) is 0 Å². The van der Waals surface area contributed by atoms with Crippen LogP contribution in [0.1, 0.15) is 34.1 Å². The highest BCUT2D eigenvalue weighted by Gasteiger charge is 2.20. The molecule has 0 aliphatic carbocycles. The lowest BCUT2D eigenvalue weighted by atomic mass is 10.3. The van der Waals surface area contributed by atoms with E-state index in [4.69, 9.17) is 5.11 Å². The molecule has 0 spiro atoms. The average Bonchev–Trinajstić information content (AvgIpc) is 2.12. The average molecular weight is 216 g/mol. The normalized spacial score (nSPS) is 12.3. The van der Waals surface area contributed by atoms with Crippen LogP contribution in [0.15, 0.2) is 0 Å². The summed E-state index contributed by atoms with van der Waals surface area (Å²) < 4.78 is 0. The van der Waals surface area contributed by atoms with E-state index in [1.54, 1.807) is 4.90 Å². The molecule has 2 amide bonds. The fourth-order valence-electron chi connectivity index (χ4n) is 1.17. The standard InChI is InChI=1S/C10H20N2O3/c1-5-6-12(7(2)3)10(15)11-8(4)9(13)14/h7-8H,5-6H2,1-4H3,(H,11,15)(H,13,14)/t8-/m1/s1. The molecule has 15 heavy (non-hydrogen) atoms. The Hall–Kier alpha value is -1.26. The van der Waals surface area contributed by atoms with E-state index in [-0.39, 0.29) is 12.1 Å². The molecule has 0 heterocycles. The molecular weight excluding hydrogens is 196 g/mol. The van der Waals surface area contributed by atoms with Gasteiger partial charge in [0.15, 0.2) is 0 Å². The summed E-state index contributed by atoms with van der Waals surface area (Å²) in [5, 5.41) is 11.1. The zero-order valence-electron chi connectivity index (χ0n) is 9.78. The van der Waals surface area contributed by atoms with Crippen molar-refractivity contribution in [2.24, 2.45) is 0 Å². The molecule has 0 radical (unpaired) electrons. The number of rotatable bonds is 5. The van der Waals surface area contributed by atoms with Crippen LogP contribution in [-0.4, -0.2) is 40.6 Å². The highest BCUT2D eigenvalue weighted by atomic mass is 16.4. The second-order valence-electron chi connectivity index (χ2n) is 3.80. The predicted molar refractivity (Wildman–Crippen MR) is 57.8 cm³/mol. The molecule has 0 aromatic heterocycles. The van der Waals surface area contributed by atoms with E-state index >= 15 is 0 Å². The number of carbonyl (C=O) groups excluding carboxylic acids is 1. The molecule has 0 aromatic carbocycles. The van der Waals surface area contributed by atoms with E-state index in [0.29, 0.717) is 6.54 Å². The fourth-order valence-corrected chi connectivity index (χ4v) is 1.17. The number of carboxylic acids is 1. The Labute approximate surface area is 90.5 Å². The molecule has 0 bridgehead atoms. The van der Waals surface area contributed by atoms with Gasteiger partial charge in [0.25, 0.3) is 0 Å². The quantitative estimate of drug-likeness (QED) is 0.727. The third-order valence-electron chi connectivity index (χ3n) is 2.06. The van der Waals surface area contributed by atoms with E-state index in [1.807, 2.05) is 20.8 Å². The van der Waals surface area contributed by atoms with Crippen LogP contribution in [0.5, 0.6) is 0 Å². The second-order valence-corrected chi connectivity index (χ2v) is 3.80. The molecular formula is C10H20N2O3. The van der Waals surface area contributed by atoms with Crippen molar-refractivity contribution in [1.29, 1.82) is 0 Å². The molecule has 0 saturated carbocycles. The van der Waals surface area contributed by atoms with Gasteiger partial charge in [0.1, 0.15) is 6.04 Å². The Kier molecular flexibility index (Phi) is 5.74. The Morgan fingerprint density at radius 1 is 1.33 bits per heavy atom. The Morgan fingerprint density at radius 2 is 1.87 bits per heavy atom. The van der Waals surface area contributed by atoms with Gasteiger partial charge in [-0.25, -0.2) is 4.79 Å². The summed E-state index contributed by atoms with van der Waals surface area (Å²) in [4.78, 5) is 23.8. The molecule has 0 aliphatic heterocycles. The van der Waals surface area contributed by atoms with Gasteiger partial charge in [-0.1, -0.05) is 6.92 Å². The van der Waals surface area contributed by atoms with Crippen LogP contribution < -0.4 is 5.32 Å². The minimum absolute atomic E-state index is 0.0749. The highest BCUT2D eigenvalue weighted by molar-refractivity contribution is 5.82. The van der Waals surface area contributed by atoms with Gasteiger partial charge in [0.2, 0.25) is 0 Å². The number of amides is 2. The zero-order valence-corrected chi connectivity index (χ0v) is 9.78. The van der Waals surface area contributed by atoms with E-state index in [9.17, 15) is 9.59 Å². The topological polar surface area (TPSA) is 69.6 Å². The van der Waals surface area contributed by atoms with Gasteiger partial charge in [-0.3, -0.25) is 4.79 Å². The van der Waals surface area contributed by atoms with Crippen molar-refractivity contribution in [3.63, 3.8) is 0 Å². The first-order valence-electron chi connectivity index (χ1n) is 5.20. The molecule has 0 unspecified atom stereocenters. The number of nitrogens with one attached hydrogen (secondary N) is 1. The lowest BCUT2D eigenvalue weighted by Crippen LogP contribution is -2.49. The SMILES string of the molecule is CCCN(C(=O)N[C@H](C)C(=O)O)C(C)C. The first-order chi connectivity index (χ1) is 6.90. The van der Waals surface area contributed by atoms with E-state index in [0.717, 1.165) is 6.42 Å². The minimum Gasteiger partial charge on any atom is -0.480 e. The molecule has 2 N–H and O–H groups in total. The maximum Gasteiger partial charge on any atom is 0.325 e. The van der Waals surface area contributed by atoms with Crippen LogP contribution >= 0.6 is 0 Å². The zero-order chi connectivity index (χ0) is 12.0. The number of nitrogens with zero attached hydrogens (tertiary/aromatic N) is 1. The maximum atomic E-state index is 11.6. The summed E-state index contributed by atoms with van der Waals surface area (Å²) in [5.74, 6) is -1.02. The third-order valence-corrected chi connectivity index (χ3v) is 2.06. The van der Waals surface area contributed by atoms with Gasteiger partial charge < -0.3 is 15.3 Å². The maximum absolute atomic E-state index is 11.6. The van der Waals surface area contributed by atoms with E-state index < -0.39 is 12.0 Å². The number of aliphatic carboxylic acids is 1. The first kappa shape index (κ1) is 13.7.